The molecule has 24 heavy (non-hydrogen) atoms. The molecule has 3 aromatic rings. The molecule has 0 atom stereocenters. The fourth-order valence-electron chi connectivity index (χ4n) is 2.63. The first kappa shape index (κ1) is 16.3. The highest BCUT2D eigenvalue weighted by Gasteiger charge is 2.13. The molecule has 1 aromatic heterocycles. The van der Waals surface area contributed by atoms with Gasteiger partial charge in [-0.2, -0.15) is 0 Å². The van der Waals surface area contributed by atoms with Gasteiger partial charge < -0.3 is 10.4 Å². The van der Waals surface area contributed by atoms with Gasteiger partial charge in [-0.05, 0) is 29.5 Å². The Balaban J connectivity index is 2.18. The Morgan fingerprint density at radius 1 is 1.08 bits per heavy atom. The van der Waals surface area contributed by atoms with Crippen LogP contribution in [0, 0.1) is 5.82 Å². The Hall–Kier alpha value is -2.53. The van der Waals surface area contributed by atoms with Crippen molar-refractivity contribution in [1.82, 2.24) is 9.97 Å². The van der Waals surface area contributed by atoms with Gasteiger partial charge in [-0.25, -0.2) is 14.4 Å². The molecular weight excluding hydrogens is 305 g/mol. The zero-order valence-corrected chi connectivity index (χ0v) is 13.8. The van der Waals surface area contributed by atoms with Gasteiger partial charge in [0.05, 0.1) is 12.3 Å². The summed E-state index contributed by atoms with van der Waals surface area (Å²) in [5.74, 6) is 0.456. The molecule has 0 spiro atoms. The van der Waals surface area contributed by atoms with Gasteiger partial charge in [0.1, 0.15) is 5.82 Å². The lowest BCUT2D eigenvalue weighted by Gasteiger charge is -2.13. The van der Waals surface area contributed by atoms with Crippen LogP contribution in [0.4, 0.5) is 10.3 Å². The molecule has 0 bridgehead atoms. The number of anilines is 1. The number of nitrogens with zero attached hydrogens (tertiary/aromatic N) is 2. The van der Waals surface area contributed by atoms with Crippen molar-refractivity contribution in [2.24, 2.45) is 0 Å². The van der Waals surface area contributed by atoms with E-state index in [1.54, 1.807) is 12.1 Å². The molecule has 0 aliphatic carbocycles. The van der Waals surface area contributed by atoms with E-state index in [4.69, 9.17) is 5.11 Å². The fourth-order valence-corrected chi connectivity index (χ4v) is 2.63. The number of hydrogen-bond donors (Lipinski definition) is 2. The summed E-state index contributed by atoms with van der Waals surface area (Å²) < 4.78 is 14.1. The minimum atomic E-state index is -0.244. The summed E-state index contributed by atoms with van der Waals surface area (Å²) in [5.41, 5.74) is 2.50. The molecular formula is C19H20FN3O. The molecule has 0 aliphatic heterocycles. The van der Waals surface area contributed by atoms with Crippen LogP contribution in [-0.2, 0) is 0 Å². The number of nitrogens with one attached hydrogen (secondary N) is 1. The Morgan fingerprint density at radius 3 is 2.54 bits per heavy atom. The second-order valence-corrected chi connectivity index (χ2v) is 5.95. The van der Waals surface area contributed by atoms with Gasteiger partial charge in [0.2, 0.25) is 5.95 Å². The van der Waals surface area contributed by atoms with Gasteiger partial charge in [0.15, 0.2) is 0 Å². The lowest BCUT2D eigenvalue weighted by molar-refractivity contribution is 0.311. The van der Waals surface area contributed by atoms with Crippen LogP contribution in [0.3, 0.4) is 0 Å². The molecule has 0 saturated carbocycles. The van der Waals surface area contributed by atoms with Crippen molar-refractivity contribution in [2.45, 2.75) is 19.8 Å². The molecule has 5 heteroatoms. The number of aliphatic hydroxyl groups is 1. The highest BCUT2D eigenvalue weighted by Crippen LogP contribution is 2.31. The lowest BCUT2D eigenvalue weighted by atomic mass is 10.00. The van der Waals surface area contributed by atoms with Crippen LogP contribution in [0.25, 0.3) is 22.0 Å². The summed E-state index contributed by atoms with van der Waals surface area (Å²) in [5, 5.41) is 13.4. The molecule has 3 rings (SSSR count). The van der Waals surface area contributed by atoms with Gasteiger partial charge in [-0.15, -0.1) is 0 Å². The molecule has 2 N–H and O–H groups in total. The van der Waals surface area contributed by atoms with Crippen molar-refractivity contribution in [3.05, 3.63) is 54.0 Å². The molecule has 124 valence electrons. The summed E-state index contributed by atoms with van der Waals surface area (Å²) >= 11 is 0. The molecule has 0 saturated heterocycles. The summed E-state index contributed by atoms with van der Waals surface area (Å²) in [7, 11) is 0. The van der Waals surface area contributed by atoms with Crippen molar-refractivity contribution in [2.75, 3.05) is 18.5 Å². The van der Waals surface area contributed by atoms with Crippen molar-refractivity contribution in [3.8, 4) is 11.3 Å². The Kier molecular flexibility index (Phi) is 4.71. The molecule has 0 amide bonds. The Bertz CT molecular complexity index is 864. The van der Waals surface area contributed by atoms with Gasteiger partial charge in [-0.1, -0.05) is 38.1 Å². The standard InChI is InChI=1S/C19H20FN3O/c1-12(2)17-11-18(23-19(22-17)21-9-10-24)15-7-8-16(20)14-6-4-3-5-13(14)15/h3-8,11-12,24H,9-10H2,1-2H3,(H,21,22,23). The van der Waals surface area contributed by atoms with Crippen molar-refractivity contribution in [3.63, 3.8) is 0 Å². The SMILES string of the molecule is CC(C)c1cc(-c2ccc(F)c3ccccc23)nc(NCCO)n1. The van der Waals surface area contributed by atoms with Crippen molar-refractivity contribution in [1.29, 1.82) is 0 Å². The zero-order valence-electron chi connectivity index (χ0n) is 13.8. The third-order valence-electron chi connectivity index (χ3n) is 3.88. The highest BCUT2D eigenvalue weighted by atomic mass is 19.1. The Labute approximate surface area is 140 Å². The van der Waals surface area contributed by atoms with Crippen LogP contribution in [0.5, 0.6) is 0 Å². The molecule has 0 fully saturated rings. The number of hydrogen-bond acceptors (Lipinski definition) is 4. The second kappa shape index (κ2) is 6.93. The van der Waals surface area contributed by atoms with Crippen molar-refractivity contribution >= 4 is 16.7 Å². The normalized spacial score (nSPS) is 11.2. The maximum atomic E-state index is 14.1. The van der Waals surface area contributed by atoms with E-state index in [1.807, 2.05) is 24.3 Å². The quantitative estimate of drug-likeness (QED) is 0.745. The predicted octanol–water partition coefficient (Wildman–Crippen LogP) is 3.96. The maximum Gasteiger partial charge on any atom is 0.223 e. The van der Waals surface area contributed by atoms with E-state index >= 15 is 0 Å². The lowest BCUT2D eigenvalue weighted by Crippen LogP contribution is -2.10. The van der Waals surface area contributed by atoms with Crippen LogP contribution >= 0.6 is 0 Å². The molecule has 1 heterocycles. The monoisotopic (exact) mass is 325 g/mol. The second-order valence-electron chi connectivity index (χ2n) is 5.95. The number of aliphatic hydroxyl groups excluding tert-OH is 1. The summed E-state index contributed by atoms with van der Waals surface area (Å²) in [6, 6.07) is 12.5. The summed E-state index contributed by atoms with van der Waals surface area (Å²) in [6.07, 6.45) is 0. The van der Waals surface area contributed by atoms with E-state index in [0.717, 1.165) is 22.3 Å². The van der Waals surface area contributed by atoms with E-state index in [1.165, 1.54) is 6.07 Å². The van der Waals surface area contributed by atoms with Gasteiger partial charge >= 0.3 is 0 Å². The van der Waals surface area contributed by atoms with E-state index in [9.17, 15) is 4.39 Å². The summed E-state index contributed by atoms with van der Waals surface area (Å²) in [6.45, 7) is 4.50. The largest absolute Gasteiger partial charge is 0.395 e. The van der Waals surface area contributed by atoms with Crippen LogP contribution in [-0.4, -0.2) is 28.2 Å². The van der Waals surface area contributed by atoms with E-state index < -0.39 is 0 Å². The highest BCUT2D eigenvalue weighted by molar-refractivity contribution is 5.96. The minimum Gasteiger partial charge on any atom is -0.395 e. The topological polar surface area (TPSA) is 58.0 Å². The van der Waals surface area contributed by atoms with Gasteiger partial charge in [-0.3, -0.25) is 0 Å². The predicted molar refractivity (Wildman–Crippen MR) is 94.6 cm³/mol. The maximum absolute atomic E-state index is 14.1. The average Bonchev–Trinajstić information content (AvgIpc) is 2.60. The third kappa shape index (κ3) is 3.21. The first-order chi connectivity index (χ1) is 11.6. The molecule has 4 nitrogen and oxygen atoms in total. The van der Waals surface area contributed by atoms with Crippen LogP contribution in [0.15, 0.2) is 42.5 Å². The Morgan fingerprint density at radius 2 is 1.83 bits per heavy atom. The first-order valence-electron chi connectivity index (χ1n) is 8.01. The minimum absolute atomic E-state index is 0.00405. The van der Waals surface area contributed by atoms with E-state index in [-0.39, 0.29) is 18.3 Å². The van der Waals surface area contributed by atoms with E-state index in [0.29, 0.717) is 17.9 Å². The first-order valence-corrected chi connectivity index (χ1v) is 8.01. The smallest absolute Gasteiger partial charge is 0.223 e. The van der Waals surface area contributed by atoms with E-state index in [2.05, 4.69) is 29.1 Å². The summed E-state index contributed by atoms with van der Waals surface area (Å²) in [4.78, 5) is 9.03. The molecule has 2 aromatic carbocycles. The van der Waals surface area contributed by atoms with Crippen LogP contribution in [0.2, 0.25) is 0 Å². The van der Waals surface area contributed by atoms with Crippen LogP contribution < -0.4 is 5.32 Å². The number of rotatable bonds is 5. The fraction of sp³-hybridized carbons (Fsp3) is 0.263. The number of fused-ring (bicyclic) bond motifs is 1. The molecule has 0 aliphatic rings. The number of benzene rings is 2. The molecule has 0 radical (unpaired) electrons. The van der Waals surface area contributed by atoms with Crippen molar-refractivity contribution < 1.29 is 9.50 Å². The molecule has 0 unspecified atom stereocenters. The zero-order chi connectivity index (χ0) is 17.1. The van der Waals surface area contributed by atoms with Gasteiger partial charge in [0, 0.05) is 23.2 Å². The number of halogens is 1. The van der Waals surface area contributed by atoms with Crippen LogP contribution in [0.1, 0.15) is 25.5 Å². The third-order valence-corrected chi connectivity index (χ3v) is 3.88. The average molecular weight is 325 g/mol. The number of aromatic nitrogens is 2. The van der Waals surface area contributed by atoms with Gasteiger partial charge in [0.25, 0.3) is 0 Å².